The Bertz CT molecular complexity index is 897. The highest BCUT2D eigenvalue weighted by atomic mass is 19.4. The van der Waals surface area contributed by atoms with Crippen molar-refractivity contribution in [1.82, 2.24) is 15.0 Å². The molecule has 0 aliphatic heterocycles. The number of hydrogen-bond acceptors (Lipinski definition) is 3. The molecule has 0 spiro atoms. The van der Waals surface area contributed by atoms with Gasteiger partial charge in [-0.1, -0.05) is 24.3 Å². The summed E-state index contributed by atoms with van der Waals surface area (Å²) < 4.78 is 40.5. The lowest BCUT2D eigenvalue weighted by Crippen LogP contribution is -2.36. The lowest BCUT2D eigenvalue weighted by atomic mass is 9.74. The van der Waals surface area contributed by atoms with Gasteiger partial charge in [-0.2, -0.15) is 18.3 Å². The Kier molecular flexibility index (Phi) is 3.63. The molecule has 1 aromatic heterocycles. The van der Waals surface area contributed by atoms with Crippen molar-refractivity contribution in [3.05, 3.63) is 42.2 Å². The van der Waals surface area contributed by atoms with Crippen molar-refractivity contribution >= 4 is 22.7 Å². The minimum absolute atomic E-state index is 0.202. The number of hydrazone groups is 1. The summed E-state index contributed by atoms with van der Waals surface area (Å²) in [5.74, 6) is -0.860. The van der Waals surface area contributed by atoms with E-state index in [0.29, 0.717) is 11.8 Å². The van der Waals surface area contributed by atoms with Crippen LogP contribution in [0.1, 0.15) is 18.7 Å². The van der Waals surface area contributed by atoms with Crippen molar-refractivity contribution in [3.8, 4) is 0 Å². The van der Waals surface area contributed by atoms with Gasteiger partial charge in [0.05, 0.1) is 11.0 Å². The summed E-state index contributed by atoms with van der Waals surface area (Å²) in [4.78, 5) is 15.7. The van der Waals surface area contributed by atoms with Crippen molar-refractivity contribution < 1.29 is 18.0 Å². The third-order valence-corrected chi connectivity index (χ3v) is 4.70. The fourth-order valence-corrected chi connectivity index (χ4v) is 3.43. The number of carbonyl (C=O) groups excluding carboxylic acids is 1. The van der Waals surface area contributed by atoms with E-state index >= 15 is 0 Å². The Morgan fingerprint density at radius 3 is 2.92 bits per heavy atom. The van der Waals surface area contributed by atoms with Crippen molar-refractivity contribution in [2.24, 2.45) is 16.9 Å². The van der Waals surface area contributed by atoms with Gasteiger partial charge >= 0.3 is 6.18 Å². The number of rotatable bonds is 3. The standard InChI is InChI=1S/C17H15F3N4O/c18-17(19,20)16-21-12-6-1-2-7-14(12)24(16)9-15(25)23-22-13-8-10-4-3-5-11(10)13/h1-4,6-7,10-11H,5,8-9H2,(H,23,25)/b22-13+/t10-,11+/m1/s1. The van der Waals surface area contributed by atoms with E-state index < -0.39 is 24.5 Å². The number of nitrogens with one attached hydrogen (secondary N) is 1. The number of nitrogens with zero attached hydrogens (tertiary/aromatic N) is 3. The average molecular weight is 348 g/mol. The van der Waals surface area contributed by atoms with E-state index in [2.05, 4.69) is 27.7 Å². The zero-order chi connectivity index (χ0) is 17.6. The number of imidazole rings is 1. The van der Waals surface area contributed by atoms with Crippen LogP contribution in [-0.2, 0) is 17.5 Å². The predicted octanol–water partition coefficient (Wildman–Crippen LogP) is 3.12. The molecule has 1 fully saturated rings. The highest BCUT2D eigenvalue weighted by Gasteiger charge is 2.39. The van der Waals surface area contributed by atoms with Gasteiger partial charge in [0.25, 0.3) is 5.91 Å². The van der Waals surface area contributed by atoms with Gasteiger partial charge in [0, 0.05) is 11.6 Å². The summed E-state index contributed by atoms with van der Waals surface area (Å²) in [6.45, 7) is -0.488. The molecular weight excluding hydrogens is 333 g/mol. The van der Waals surface area contributed by atoms with Gasteiger partial charge in [-0.25, -0.2) is 10.4 Å². The zero-order valence-corrected chi connectivity index (χ0v) is 13.1. The highest BCUT2D eigenvalue weighted by Crippen LogP contribution is 2.40. The molecule has 1 N–H and O–H groups in total. The van der Waals surface area contributed by atoms with Gasteiger partial charge in [0.1, 0.15) is 6.54 Å². The molecule has 1 heterocycles. The molecule has 130 valence electrons. The minimum Gasteiger partial charge on any atom is -0.311 e. The lowest BCUT2D eigenvalue weighted by molar-refractivity contribution is -0.147. The van der Waals surface area contributed by atoms with Crippen molar-refractivity contribution in [1.29, 1.82) is 0 Å². The van der Waals surface area contributed by atoms with E-state index in [0.717, 1.165) is 23.1 Å². The quantitative estimate of drug-likeness (QED) is 0.684. The predicted molar refractivity (Wildman–Crippen MR) is 85.7 cm³/mol. The first-order valence-corrected chi connectivity index (χ1v) is 7.98. The molecule has 0 saturated heterocycles. The van der Waals surface area contributed by atoms with Crippen LogP contribution in [0, 0.1) is 11.8 Å². The summed E-state index contributed by atoms with van der Waals surface area (Å²) in [5, 5.41) is 4.09. The summed E-state index contributed by atoms with van der Waals surface area (Å²) in [7, 11) is 0. The van der Waals surface area contributed by atoms with E-state index in [1.165, 1.54) is 12.1 Å². The molecule has 2 atom stereocenters. The Morgan fingerprint density at radius 2 is 2.16 bits per heavy atom. The summed E-state index contributed by atoms with van der Waals surface area (Å²) in [6, 6.07) is 6.22. The fourth-order valence-electron chi connectivity index (χ4n) is 3.43. The van der Waals surface area contributed by atoms with E-state index in [-0.39, 0.29) is 11.0 Å². The number of fused-ring (bicyclic) bond motifs is 2. The second-order valence-electron chi connectivity index (χ2n) is 6.28. The number of para-hydroxylation sites is 2. The maximum absolute atomic E-state index is 13.2. The Hall–Kier alpha value is -2.64. The Morgan fingerprint density at radius 1 is 1.36 bits per heavy atom. The SMILES string of the molecule is O=C(Cn1c(C(F)(F)F)nc2ccccc21)N/N=C1\C[C@H]2C=CC[C@H]12. The summed E-state index contributed by atoms with van der Waals surface area (Å²) in [5.41, 5.74) is 3.75. The molecular formula is C17H15F3N4O. The van der Waals surface area contributed by atoms with Crippen molar-refractivity contribution in [3.63, 3.8) is 0 Å². The number of allylic oxidation sites excluding steroid dienone is 2. The molecule has 1 aromatic carbocycles. The van der Waals surface area contributed by atoms with E-state index in [1.54, 1.807) is 12.1 Å². The zero-order valence-electron chi connectivity index (χ0n) is 13.1. The maximum atomic E-state index is 13.2. The molecule has 0 unspecified atom stereocenters. The van der Waals surface area contributed by atoms with Gasteiger partial charge in [-0.05, 0) is 30.9 Å². The lowest BCUT2D eigenvalue weighted by Gasteiger charge is -2.31. The highest BCUT2D eigenvalue weighted by molar-refractivity contribution is 5.95. The molecule has 4 rings (SSSR count). The first-order chi connectivity index (χ1) is 11.9. The Balaban J connectivity index is 1.54. The monoisotopic (exact) mass is 348 g/mol. The Labute approximate surface area is 141 Å². The van der Waals surface area contributed by atoms with Crippen LogP contribution in [0.4, 0.5) is 13.2 Å². The van der Waals surface area contributed by atoms with Crippen molar-refractivity contribution in [2.45, 2.75) is 25.6 Å². The largest absolute Gasteiger partial charge is 0.449 e. The van der Waals surface area contributed by atoms with E-state index in [9.17, 15) is 18.0 Å². The summed E-state index contributed by atoms with van der Waals surface area (Å²) in [6.07, 6.45) is 1.29. The van der Waals surface area contributed by atoms with Crippen LogP contribution in [0.3, 0.4) is 0 Å². The molecule has 5 nitrogen and oxygen atoms in total. The number of aromatic nitrogens is 2. The molecule has 2 aromatic rings. The van der Waals surface area contributed by atoms with E-state index in [1.807, 2.05) is 0 Å². The van der Waals surface area contributed by atoms with Crippen LogP contribution in [0.15, 0.2) is 41.5 Å². The number of hydrogen-bond donors (Lipinski definition) is 1. The molecule has 1 amide bonds. The van der Waals surface area contributed by atoms with Crippen LogP contribution in [0.5, 0.6) is 0 Å². The topological polar surface area (TPSA) is 59.3 Å². The van der Waals surface area contributed by atoms with Gasteiger partial charge in [0.2, 0.25) is 5.82 Å². The third-order valence-electron chi connectivity index (χ3n) is 4.70. The third kappa shape index (κ3) is 2.81. The van der Waals surface area contributed by atoms with Crippen LogP contribution in [0.25, 0.3) is 11.0 Å². The van der Waals surface area contributed by atoms with Crippen LogP contribution in [-0.4, -0.2) is 21.2 Å². The maximum Gasteiger partial charge on any atom is 0.449 e. The number of amides is 1. The van der Waals surface area contributed by atoms with Crippen LogP contribution in [0.2, 0.25) is 0 Å². The molecule has 0 bridgehead atoms. The van der Waals surface area contributed by atoms with Gasteiger partial charge in [0.15, 0.2) is 0 Å². The molecule has 0 radical (unpaired) electrons. The van der Waals surface area contributed by atoms with Crippen molar-refractivity contribution in [2.75, 3.05) is 0 Å². The average Bonchev–Trinajstić information content (AvgIpc) is 3.09. The van der Waals surface area contributed by atoms with E-state index in [4.69, 9.17) is 0 Å². The molecule has 2 aliphatic rings. The smallest absolute Gasteiger partial charge is 0.311 e. The molecule has 2 aliphatic carbocycles. The molecule has 1 saturated carbocycles. The van der Waals surface area contributed by atoms with Gasteiger partial charge < -0.3 is 4.57 Å². The van der Waals surface area contributed by atoms with Gasteiger partial charge in [-0.15, -0.1) is 0 Å². The second kappa shape index (κ2) is 5.72. The first kappa shape index (κ1) is 15.9. The second-order valence-corrected chi connectivity index (χ2v) is 6.28. The van der Waals surface area contributed by atoms with Crippen LogP contribution >= 0.6 is 0 Å². The molecule has 8 heteroatoms. The number of alkyl halides is 3. The fraction of sp³-hybridized carbons (Fsp3) is 0.353. The normalized spacial score (nSPS) is 23.7. The minimum atomic E-state index is -4.64. The number of halogens is 3. The summed E-state index contributed by atoms with van der Waals surface area (Å²) >= 11 is 0. The number of carbonyl (C=O) groups is 1. The number of benzene rings is 1. The van der Waals surface area contributed by atoms with Crippen LogP contribution < -0.4 is 5.43 Å². The first-order valence-electron chi connectivity index (χ1n) is 7.98. The van der Waals surface area contributed by atoms with Gasteiger partial charge in [-0.3, -0.25) is 4.79 Å². The molecule has 25 heavy (non-hydrogen) atoms.